The molecular weight excluding hydrogens is 325 g/mol. The summed E-state index contributed by atoms with van der Waals surface area (Å²) in [5.74, 6) is 3.81. The minimum absolute atomic E-state index is 0.0253. The van der Waals surface area contributed by atoms with Crippen molar-refractivity contribution in [3.63, 3.8) is 0 Å². The van der Waals surface area contributed by atoms with Crippen molar-refractivity contribution in [1.29, 1.82) is 0 Å². The van der Waals surface area contributed by atoms with Gasteiger partial charge in [0.2, 0.25) is 0 Å². The Morgan fingerprint density at radius 2 is 1.92 bits per heavy atom. The highest BCUT2D eigenvalue weighted by Gasteiger charge is 2.07. The van der Waals surface area contributed by atoms with E-state index in [1.54, 1.807) is 0 Å². The molecule has 0 aliphatic carbocycles. The number of carbonyl (C=O) groups is 2. The van der Waals surface area contributed by atoms with Gasteiger partial charge in [0.15, 0.2) is 0 Å². The van der Waals surface area contributed by atoms with Crippen LogP contribution in [0, 0.1) is 17.7 Å². The Labute approximate surface area is 144 Å². The number of ether oxygens (including phenoxy) is 1. The van der Waals surface area contributed by atoms with Crippen LogP contribution in [0.3, 0.4) is 0 Å². The first-order chi connectivity index (χ1) is 12.0. The Balaban J connectivity index is 1.86. The molecule has 0 saturated carbocycles. The Morgan fingerprint density at radius 1 is 1.16 bits per heavy atom. The molecule has 6 heteroatoms. The fraction of sp³-hybridized carbons (Fsp3) is 0.158. The lowest BCUT2D eigenvalue weighted by Crippen LogP contribution is -2.24. The summed E-state index contributed by atoms with van der Waals surface area (Å²) >= 11 is 0. The highest BCUT2D eigenvalue weighted by molar-refractivity contribution is 5.71. The van der Waals surface area contributed by atoms with Crippen LogP contribution in [0.1, 0.15) is 16.7 Å². The third-order valence-corrected chi connectivity index (χ3v) is 3.17. The molecular formula is C19H16FNO4. The van der Waals surface area contributed by atoms with Gasteiger partial charge in [-0.15, -0.1) is 0 Å². The predicted molar refractivity (Wildman–Crippen MR) is 89.2 cm³/mol. The lowest BCUT2D eigenvalue weighted by Gasteiger charge is -2.04. The lowest BCUT2D eigenvalue weighted by molar-refractivity contribution is -0.136. The zero-order valence-electron chi connectivity index (χ0n) is 13.3. The van der Waals surface area contributed by atoms with Gasteiger partial charge in [0, 0.05) is 5.56 Å². The average molecular weight is 341 g/mol. The van der Waals surface area contributed by atoms with Gasteiger partial charge in [0.05, 0.1) is 13.0 Å². The minimum Gasteiger partial charge on any atom is -0.481 e. The fourth-order valence-corrected chi connectivity index (χ4v) is 2.02. The van der Waals surface area contributed by atoms with Gasteiger partial charge in [-0.2, -0.15) is 0 Å². The van der Waals surface area contributed by atoms with E-state index in [4.69, 9.17) is 9.84 Å². The monoisotopic (exact) mass is 341 g/mol. The van der Waals surface area contributed by atoms with Crippen LogP contribution in [-0.2, 0) is 22.6 Å². The van der Waals surface area contributed by atoms with Crippen molar-refractivity contribution in [1.82, 2.24) is 5.32 Å². The number of alkyl carbamates (subject to hydrolysis) is 1. The quantitative estimate of drug-likeness (QED) is 0.820. The van der Waals surface area contributed by atoms with E-state index in [1.807, 2.05) is 30.3 Å². The molecule has 0 bridgehead atoms. The maximum atomic E-state index is 13.2. The fourth-order valence-electron chi connectivity index (χ4n) is 2.02. The predicted octanol–water partition coefficient (Wildman–Crippen LogP) is 2.73. The van der Waals surface area contributed by atoms with Gasteiger partial charge in [-0.1, -0.05) is 42.2 Å². The molecule has 2 N–H and O–H groups in total. The number of carboxylic acids is 1. The zero-order chi connectivity index (χ0) is 18.1. The van der Waals surface area contributed by atoms with Crippen LogP contribution in [0.5, 0.6) is 0 Å². The minimum atomic E-state index is -1.07. The van der Waals surface area contributed by atoms with Gasteiger partial charge in [-0.05, 0) is 29.3 Å². The van der Waals surface area contributed by atoms with Gasteiger partial charge < -0.3 is 15.2 Å². The van der Waals surface area contributed by atoms with Crippen LogP contribution in [0.15, 0.2) is 48.5 Å². The van der Waals surface area contributed by atoms with Crippen molar-refractivity contribution in [3.05, 3.63) is 71.0 Å². The topological polar surface area (TPSA) is 75.6 Å². The lowest BCUT2D eigenvalue weighted by atomic mass is 10.0. The summed E-state index contributed by atoms with van der Waals surface area (Å²) in [6, 6.07) is 13.0. The van der Waals surface area contributed by atoms with Crippen LogP contribution >= 0.6 is 0 Å². The summed E-state index contributed by atoms with van der Waals surface area (Å²) in [6.07, 6.45) is -0.933. The molecule has 0 fully saturated rings. The largest absolute Gasteiger partial charge is 0.481 e. The van der Waals surface area contributed by atoms with Crippen molar-refractivity contribution < 1.29 is 23.8 Å². The van der Waals surface area contributed by atoms with Crippen LogP contribution in [0.2, 0.25) is 0 Å². The van der Waals surface area contributed by atoms with Gasteiger partial charge in [-0.3, -0.25) is 4.79 Å². The number of aliphatic carboxylic acids is 1. The van der Waals surface area contributed by atoms with E-state index in [0.29, 0.717) is 5.56 Å². The number of hydrogen-bond acceptors (Lipinski definition) is 3. The molecule has 1 amide bonds. The SMILES string of the molecule is O=C(O)Cc1cc(F)ccc1C#CCNC(=O)OCc1ccccc1. The molecule has 0 unspecified atom stereocenters. The van der Waals surface area contributed by atoms with Gasteiger partial charge in [0.25, 0.3) is 0 Å². The third kappa shape index (κ3) is 6.36. The smallest absolute Gasteiger partial charge is 0.408 e. The first-order valence-electron chi connectivity index (χ1n) is 7.48. The summed E-state index contributed by atoms with van der Waals surface area (Å²) in [7, 11) is 0. The Bertz CT molecular complexity index is 809. The van der Waals surface area contributed by atoms with Crippen LogP contribution in [-0.4, -0.2) is 23.7 Å². The average Bonchev–Trinajstić information content (AvgIpc) is 2.59. The Kier molecular flexibility index (Phi) is 6.55. The second-order valence-corrected chi connectivity index (χ2v) is 5.09. The first-order valence-corrected chi connectivity index (χ1v) is 7.48. The number of halogens is 1. The Hall–Kier alpha value is -3.33. The maximum absolute atomic E-state index is 13.2. The molecule has 0 saturated heterocycles. The Morgan fingerprint density at radius 3 is 2.64 bits per heavy atom. The molecule has 2 rings (SSSR count). The molecule has 0 radical (unpaired) electrons. The number of amides is 1. The van der Waals surface area contributed by atoms with E-state index in [2.05, 4.69) is 17.2 Å². The van der Waals surface area contributed by atoms with E-state index >= 15 is 0 Å². The molecule has 128 valence electrons. The second-order valence-electron chi connectivity index (χ2n) is 5.09. The van der Waals surface area contributed by atoms with Crippen molar-refractivity contribution in [2.45, 2.75) is 13.0 Å². The molecule has 0 atom stereocenters. The molecule has 0 aromatic heterocycles. The highest BCUT2D eigenvalue weighted by atomic mass is 19.1. The van der Waals surface area contributed by atoms with Gasteiger partial charge >= 0.3 is 12.1 Å². The molecule has 25 heavy (non-hydrogen) atoms. The summed E-state index contributed by atoms with van der Waals surface area (Å²) in [5.41, 5.74) is 1.56. The zero-order valence-corrected chi connectivity index (χ0v) is 13.3. The number of carbonyl (C=O) groups excluding carboxylic acids is 1. The van der Waals surface area contributed by atoms with Crippen molar-refractivity contribution in [2.75, 3.05) is 6.54 Å². The van der Waals surface area contributed by atoms with E-state index in [9.17, 15) is 14.0 Å². The molecule has 2 aromatic rings. The van der Waals surface area contributed by atoms with Crippen molar-refractivity contribution >= 4 is 12.1 Å². The standard InChI is InChI=1S/C19H16FNO4/c20-17-9-8-15(16(11-17)12-18(22)23)7-4-10-21-19(24)25-13-14-5-2-1-3-6-14/h1-3,5-6,8-9,11H,10,12-13H2,(H,21,24)(H,22,23). The number of nitrogens with one attached hydrogen (secondary N) is 1. The molecule has 0 heterocycles. The van der Waals surface area contributed by atoms with Crippen molar-refractivity contribution in [2.24, 2.45) is 0 Å². The number of hydrogen-bond donors (Lipinski definition) is 2. The van der Waals surface area contributed by atoms with Crippen molar-refractivity contribution in [3.8, 4) is 11.8 Å². The first kappa shape index (κ1) is 18.0. The van der Waals surface area contributed by atoms with Crippen LogP contribution in [0.4, 0.5) is 9.18 Å². The van der Waals surface area contributed by atoms with E-state index in [1.165, 1.54) is 12.1 Å². The van der Waals surface area contributed by atoms with E-state index < -0.39 is 17.9 Å². The second kappa shape index (κ2) is 9.08. The molecule has 2 aromatic carbocycles. The molecule has 0 spiro atoms. The number of carboxylic acid groups (broad SMARTS) is 1. The number of rotatable bonds is 5. The number of benzene rings is 2. The van der Waals surface area contributed by atoms with Gasteiger partial charge in [0.1, 0.15) is 12.4 Å². The summed E-state index contributed by atoms with van der Waals surface area (Å²) in [5, 5.41) is 11.3. The third-order valence-electron chi connectivity index (χ3n) is 3.17. The molecule has 0 aliphatic rings. The molecule has 5 nitrogen and oxygen atoms in total. The van der Waals surface area contributed by atoms with Gasteiger partial charge in [-0.25, -0.2) is 9.18 Å². The summed E-state index contributed by atoms with van der Waals surface area (Å²) < 4.78 is 18.2. The van der Waals surface area contributed by atoms with Crippen LogP contribution in [0.25, 0.3) is 0 Å². The molecule has 0 aliphatic heterocycles. The summed E-state index contributed by atoms with van der Waals surface area (Å²) in [6.45, 7) is 0.179. The normalized spacial score (nSPS) is 9.64. The van der Waals surface area contributed by atoms with Crippen LogP contribution < -0.4 is 5.32 Å². The highest BCUT2D eigenvalue weighted by Crippen LogP contribution is 2.11. The van der Waals surface area contributed by atoms with E-state index in [-0.39, 0.29) is 25.1 Å². The van der Waals surface area contributed by atoms with E-state index in [0.717, 1.165) is 11.6 Å². The summed E-state index contributed by atoms with van der Waals surface area (Å²) in [4.78, 5) is 22.4. The maximum Gasteiger partial charge on any atom is 0.408 e.